The highest BCUT2D eigenvalue weighted by Crippen LogP contribution is 2.16. The van der Waals surface area contributed by atoms with Crippen LogP contribution in [-0.4, -0.2) is 58.7 Å². The molecule has 0 aromatic carbocycles. The predicted molar refractivity (Wildman–Crippen MR) is 83.5 cm³/mol. The third kappa shape index (κ3) is 4.70. The molecule has 1 aromatic rings. The number of nitrogens with zero attached hydrogens (tertiary/aromatic N) is 5. The predicted octanol–water partition coefficient (Wildman–Crippen LogP) is 1.02. The third-order valence-corrected chi connectivity index (χ3v) is 3.24. The van der Waals surface area contributed by atoms with Crippen molar-refractivity contribution >= 4 is 11.9 Å². The molecule has 0 bridgehead atoms. The van der Waals surface area contributed by atoms with Crippen LogP contribution in [0, 0.1) is 5.92 Å². The molecule has 2 heterocycles. The molecule has 0 unspecified atom stereocenters. The van der Waals surface area contributed by atoms with Gasteiger partial charge < -0.3 is 15.4 Å². The van der Waals surface area contributed by atoms with Crippen LogP contribution in [0.4, 0.5) is 11.9 Å². The molecule has 1 aliphatic rings. The van der Waals surface area contributed by atoms with Gasteiger partial charge in [-0.2, -0.15) is 15.0 Å². The molecule has 1 saturated heterocycles. The van der Waals surface area contributed by atoms with Crippen LogP contribution in [0.3, 0.4) is 0 Å². The van der Waals surface area contributed by atoms with Crippen molar-refractivity contribution < 1.29 is 4.74 Å². The average Bonchev–Trinajstić information content (AvgIpc) is 2.37. The fourth-order valence-corrected chi connectivity index (χ4v) is 2.41. The number of nitrogen functional groups attached to an aromatic ring is 1. The van der Waals surface area contributed by atoms with Crippen LogP contribution in [0.25, 0.3) is 0 Å². The Morgan fingerprint density at radius 2 is 1.71 bits per heavy atom. The molecule has 2 rings (SSSR count). The normalized spacial score (nSPS) is 16.8. The zero-order valence-electron chi connectivity index (χ0n) is 13.4. The van der Waals surface area contributed by atoms with Crippen LogP contribution in [0.2, 0.25) is 0 Å². The summed E-state index contributed by atoms with van der Waals surface area (Å²) in [5, 5.41) is 0. The molecule has 1 fully saturated rings. The van der Waals surface area contributed by atoms with Gasteiger partial charge in [0.2, 0.25) is 11.9 Å². The summed E-state index contributed by atoms with van der Waals surface area (Å²) in [6.07, 6.45) is 0.0162. The number of aromatic nitrogens is 3. The molecule has 0 atom stereocenters. The Kier molecular flexibility index (Phi) is 5.17. The molecule has 7 nitrogen and oxygen atoms in total. The van der Waals surface area contributed by atoms with Crippen molar-refractivity contribution in [3.8, 4) is 6.01 Å². The monoisotopic (exact) mass is 294 g/mol. The SMILES string of the molecule is CC(C)CN1CCN(c2nc(N)nc(OC(C)C)n2)CC1. The molecule has 2 N–H and O–H groups in total. The second-order valence-corrected chi connectivity index (χ2v) is 6.12. The lowest BCUT2D eigenvalue weighted by Crippen LogP contribution is -2.48. The quantitative estimate of drug-likeness (QED) is 0.868. The van der Waals surface area contributed by atoms with Gasteiger partial charge in [-0.15, -0.1) is 0 Å². The van der Waals surface area contributed by atoms with Gasteiger partial charge in [-0.1, -0.05) is 13.8 Å². The highest BCUT2D eigenvalue weighted by atomic mass is 16.5. The van der Waals surface area contributed by atoms with Crippen LogP contribution < -0.4 is 15.4 Å². The number of hydrogen-bond acceptors (Lipinski definition) is 7. The second kappa shape index (κ2) is 6.89. The molecule has 118 valence electrons. The van der Waals surface area contributed by atoms with E-state index in [1.54, 1.807) is 0 Å². The maximum Gasteiger partial charge on any atom is 0.323 e. The summed E-state index contributed by atoms with van der Waals surface area (Å²) in [4.78, 5) is 17.2. The van der Waals surface area contributed by atoms with E-state index in [2.05, 4.69) is 38.6 Å². The van der Waals surface area contributed by atoms with E-state index in [1.807, 2.05) is 13.8 Å². The molecule has 7 heteroatoms. The third-order valence-electron chi connectivity index (χ3n) is 3.24. The largest absolute Gasteiger partial charge is 0.461 e. The lowest BCUT2D eigenvalue weighted by Gasteiger charge is -2.35. The Hall–Kier alpha value is -1.63. The van der Waals surface area contributed by atoms with Crippen LogP contribution in [-0.2, 0) is 0 Å². The van der Waals surface area contributed by atoms with E-state index >= 15 is 0 Å². The van der Waals surface area contributed by atoms with Crippen LogP contribution >= 0.6 is 0 Å². The molecule has 0 amide bonds. The smallest absolute Gasteiger partial charge is 0.323 e. The highest BCUT2D eigenvalue weighted by Gasteiger charge is 2.21. The van der Waals surface area contributed by atoms with Crippen molar-refractivity contribution in [3.05, 3.63) is 0 Å². The number of nitrogens with two attached hydrogens (primary N) is 1. The maximum absolute atomic E-state index is 5.76. The molecule has 0 radical (unpaired) electrons. The number of piperazine rings is 1. The molecular formula is C14H26N6O. The fourth-order valence-electron chi connectivity index (χ4n) is 2.41. The highest BCUT2D eigenvalue weighted by molar-refractivity contribution is 5.36. The van der Waals surface area contributed by atoms with Crippen molar-refractivity contribution in [1.29, 1.82) is 0 Å². The zero-order valence-corrected chi connectivity index (χ0v) is 13.4. The summed E-state index contributed by atoms with van der Waals surface area (Å²) in [5.41, 5.74) is 5.76. The number of ether oxygens (including phenoxy) is 1. The second-order valence-electron chi connectivity index (χ2n) is 6.12. The molecule has 0 saturated carbocycles. The molecule has 1 aromatic heterocycles. The van der Waals surface area contributed by atoms with E-state index in [1.165, 1.54) is 0 Å². The zero-order chi connectivity index (χ0) is 15.4. The van der Waals surface area contributed by atoms with Gasteiger partial charge in [0.15, 0.2) is 0 Å². The van der Waals surface area contributed by atoms with Crippen LogP contribution in [0.5, 0.6) is 6.01 Å². The minimum atomic E-state index is 0.0162. The minimum Gasteiger partial charge on any atom is -0.461 e. The first-order chi connectivity index (χ1) is 9.94. The number of anilines is 2. The fraction of sp³-hybridized carbons (Fsp3) is 0.786. The Morgan fingerprint density at radius 3 is 2.29 bits per heavy atom. The first kappa shape index (κ1) is 15.8. The Morgan fingerprint density at radius 1 is 1.05 bits per heavy atom. The van der Waals surface area contributed by atoms with Gasteiger partial charge in [-0.3, -0.25) is 4.90 Å². The molecule has 21 heavy (non-hydrogen) atoms. The summed E-state index contributed by atoms with van der Waals surface area (Å²) in [6.45, 7) is 13.3. The number of hydrogen-bond donors (Lipinski definition) is 1. The Labute approximate surface area is 126 Å². The molecule has 0 spiro atoms. The van der Waals surface area contributed by atoms with E-state index in [9.17, 15) is 0 Å². The lowest BCUT2D eigenvalue weighted by atomic mass is 10.2. The lowest BCUT2D eigenvalue weighted by molar-refractivity contribution is 0.219. The van der Waals surface area contributed by atoms with Gasteiger partial charge in [0.1, 0.15) is 0 Å². The standard InChI is InChI=1S/C14H26N6O/c1-10(2)9-19-5-7-20(8-6-19)13-16-12(15)17-14(18-13)21-11(3)4/h10-11H,5-9H2,1-4H3,(H2,15,16,17,18). The van der Waals surface area contributed by atoms with Gasteiger partial charge in [0, 0.05) is 32.7 Å². The van der Waals surface area contributed by atoms with Gasteiger partial charge in [-0.05, 0) is 19.8 Å². The summed E-state index contributed by atoms with van der Waals surface area (Å²) in [7, 11) is 0. The molecular weight excluding hydrogens is 268 g/mol. The first-order valence-electron chi connectivity index (χ1n) is 7.59. The Balaban J connectivity index is 2.01. The van der Waals surface area contributed by atoms with Crippen LogP contribution in [0.1, 0.15) is 27.7 Å². The van der Waals surface area contributed by atoms with E-state index in [0.717, 1.165) is 32.7 Å². The summed E-state index contributed by atoms with van der Waals surface area (Å²) in [6, 6.07) is 0.303. The number of rotatable bonds is 5. The van der Waals surface area contributed by atoms with Gasteiger partial charge in [-0.25, -0.2) is 0 Å². The minimum absolute atomic E-state index is 0.0162. The first-order valence-corrected chi connectivity index (χ1v) is 7.59. The van der Waals surface area contributed by atoms with Crippen molar-refractivity contribution in [2.45, 2.75) is 33.8 Å². The van der Waals surface area contributed by atoms with Gasteiger partial charge in [0.05, 0.1) is 6.10 Å². The summed E-state index contributed by atoms with van der Waals surface area (Å²) >= 11 is 0. The summed E-state index contributed by atoms with van der Waals surface area (Å²) in [5.74, 6) is 1.51. The van der Waals surface area contributed by atoms with E-state index in [-0.39, 0.29) is 12.1 Å². The van der Waals surface area contributed by atoms with Gasteiger partial charge in [0.25, 0.3) is 0 Å². The van der Waals surface area contributed by atoms with Crippen molar-refractivity contribution in [3.63, 3.8) is 0 Å². The average molecular weight is 294 g/mol. The van der Waals surface area contributed by atoms with E-state index in [4.69, 9.17) is 10.5 Å². The van der Waals surface area contributed by atoms with Crippen molar-refractivity contribution in [2.24, 2.45) is 5.92 Å². The maximum atomic E-state index is 5.76. The Bertz CT molecular complexity index is 457. The summed E-state index contributed by atoms with van der Waals surface area (Å²) < 4.78 is 5.52. The molecule has 1 aliphatic heterocycles. The topological polar surface area (TPSA) is 80.4 Å². The molecule has 0 aliphatic carbocycles. The van der Waals surface area contributed by atoms with Crippen molar-refractivity contribution in [2.75, 3.05) is 43.4 Å². The van der Waals surface area contributed by atoms with Gasteiger partial charge >= 0.3 is 6.01 Å². The van der Waals surface area contributed by atoms with Crippen molar-refractivity contribution in [1.82, 2.24) is 19.9 Å². The van der Waals surface area contributed by atoms with E-state index < -0.39 is 0 Å². The van der Waals surface area contributed by atoms with Crippen LogP contribution in [0.15, 0.2) is 0 Å². The van der Waals surface area contributed by atoms with E-state index in [0.29, 0.717) is 17.9 Å².